The molecule has 2 aromatic rings. The summed E-state index contributed by atoms with van der Waals surface area (Å²) in [4.78, 5) is 36.9. The van der Waals surface area contributed by atoms with Gasteiger partial charge in [0.2, 0.25) is 0 Å². The molecule has 3 rings (SSSR count). The highest BCUT2D eigenvalue weighted by atomic mass is 35.5. The Morgan fingerprint density at radius 1 is 1.26 bits per heavy atom. The van der Waals surface area contributed by atoms with Crippen molar-refractivity contribution in [3.63, 3.8) is 0 Å². The van der Waals surface area contributed by atoms with Gasteiger partial charge in [-0.2, -0.15) is 0 Å². The summed E-state index contributed by atoms with van der Waals surface area (Å²) in [5.41, 5.74) is 6.34. The van der Waals surface area contributed by atoms with Crippen molar-refractivity contribution in [1.29, 1.82) is 0 Å². The molecule has 0 radical (unpaired) electrons. The lowest BCUT2D eigenvalue weighted by Gasteiger charge is -2.11. The number of carbonyl (C=O) groups excluding carboxylic acids is 3. The van der Waals surface area contributed by atoms with Gasteiger partial charge in [-0.1, -0.05) is 11.6 Å². The van der Waals surface area contributed by atoms with Crippen molar-refractivity contribution < 1.29 is 23.5 Å². The molecule has 1 aliphatic rings. The number of hydrogen-bond acceptors (Lipinski definition) is 5. The van der Waals surface area contributed by atoms with E-state index < -0.39 is 30.2 Å². The number of anilines is 1. The first-order valence-electron chi connectivity index (χ1n) is 8.23. The fraction of sp³-hybridized carbons (Fsp3) is 0.278. The summed E-state index contributed by atoms with van der Waals surface area (Å²) in [6, 6.07) is 3.50. The van der Waals surface area contributed by atoms with Crippen LogP contribution in [0.15, 0.2) is 18.2 Å². The molecular formula is C18H16ClFN2O4S. The lowest BCUT2D eigenvalue weighted by atomic mass is 9.95. The number of benzene rings is 1. The largest absolute Gasteiger partial charge is 0.452 e. The quantitative estimate of drug-likeness (QED) is 0.738. The summed E-state index contributed by atoms with van der Waals surface area (Å²) in [6.07, 6.45) is 3.55. The van der Waals surface area contributed by atoms with E-state index >= 15 is 0 Å². The maximum Gasteiger partial charge on any atom is 0.341 e. The minimum absolute atomic E-state index is 0.141. The Morgan fingerprint density at radius 2 is 2.00 bits per heavy atom. The number of nitrogens with one attached hydrogen (secondary N) is 1. The smallest absolute Gasteiger partial charge is 0.341 e. The molecule has 0 aliphatic heterocycles. The van der Waals surface area contributed by atoms with E-state index in [1.165, 1.54) is 23.5 Å². The van der Waals surface area contributed by atoms with Gasteiger partial charge in [-0.15, -0.1) is 11.3 Å². The Morgan fingerprint density at radius 3 is 2.70 bits per heavy atom. The zero-order valence-corrected chi connectivity index (χ0v) is 15.7. The highest BCUT2D eigenvalue weighted by molar-refractivity contribution is 7.17. The van der Waals surface area contributed by atoms with Gasteiger partial charge in [0, 0.05) is 9.90 Å². The molecular weight excluding hydrogens is 395 g/mol. The molecule has 2 amide bonds. The van der Waals surface area contributed by atoms with E-state index in [1.54, 1.807) is 0 Å². The molecule has 0 unspecified atom stereocenters. The number of nitrogens with two attached hydrogens (primary N) is 1. The highest BCUT2D eigenvalue weighted by Crippen LogP contribution is 2.37. The van der Waals surface area contributed by atoms with E-state index in [0.717, 1.165) is 42.2 Å². The Labute approximate surface area is 163 Å². The van der Waals surface area contributed by atoms with E-state index in [9.17, 15) is 18.8 Å². The van der Waals surface area contributed by atoms with E-state index in [1.807, 2.05) is 0 Å². The van der Waals surface area contributed by atoms with Crippen molar-refractivity contribution in [2.45, 2.75) is 25.7 Å². The second-order valence-corrected chi connectivity index (χ2v) is 7.57. The third kappa shape index (κ3) is 4.28. The molecule has 0 bridgehead atoms. The van der Waals surface area contributed by atoms with E-state index in [-0.39, 0.29) is 10.6 Å². The van der Waals surface area contributed by atoms with Crippen LogP contribution >= 0.6 is 22.9 Å². The number of thiophene rings is 1. The first-order valence-corrected chi connectivity index (χ1v) is 9.42. The van der Waals surface area contributed by atoms with Crippen LogP contribution in [0.2, 0.25) is 5.02 Å². The Balaban J connectivity index is 1.67. The second kappa shape index (κ2) is 8.06. The predicted molar refractivity (Wildman–Crippen MR) is 99.8 cm³/mol. The van der Waals surface area contributed by atoms with Crippen LogP contribution in [0.25, 0.3) is 0 Å². The lowest BCUT2D eigenvalue weighted by Crippen LogP contribution is -2.23. The van der Waals surface area contributed by atoms with E-state index in [0.29, 0.717) is 10.6 Å². The topological polar surface area (TPSA) is 98.5 Å². The van der Waals surface area contributed by atoms with Crippen molar-refractivity contribution in [1.82, 2.24) is 0 Å². The number of carbonyl (C=O) groups is 3. The molecule has 1 heterocycles. The van der Waals surface area contributed by atoms with Crippen LogP contribution < -0.4 is 11.1 Å². The zero-order chi connectivity index (χ0) is 19.6. The minimum Gasteiger partial charge on any atom is -0.452 e. The van der Waals surface area contributed by atoms with Crippen LogP contribution in [-0.4, -0.2) is 24.4 Å². The number of esters is 1. The van der Waals surface area contributed by atoms with Crippen LogP contribution in [0, 0.1) is 5.82 Å². The third-order valence-electron chi connectivity index (χ3n) is 4.16. The highest BCUT2D eigenvalue weighted by Gasteiger charge is 2.25. The summed E-state index contributed by atoms with van der Waals surface area (Å²) in [5.74, 6) is -3.07. The molecule has 6 nitrogen and oxygen atoms in total. The van der Waals surface area contributed by atoms with Gasteiger partial charge in [-0.3, -0.25) is 9.59 Å². The van der Waals surface area contributed by atoms with Crippen molar-refractivity contribution in [3.05, 3.63) is 50.6 Å². The molecule has 27 heavy (non-hydrogen) atoms. The molecule has 1 aliphatic carbocycles. The SMILES string of the molecule is NC(=O)c1c(NC(=O)COC(=O)c2ccc(Cl)cc2F)sc2c1CCCC2. The Bertz CT molecular complexity index is 928. The van der Waals surface area contributed by atoms with Gasteiger partial charge in [0.05, 0.1) is 11.1 Å². The number of ether oxygens (including phenoxy) is 1. The number of halogens is 2. The first-order chi connectivity index (χ1) is 12.9. The zero-order valence-electron chi connectivity index (χ0n) is 14.1. The number of aryl methyl sites for hydroxylation is 1. The molecule has 1 aromatic heterocycles. The summed E-state index contributed by atoms with van der Waals surface area (Å²) in [6.45, 7) is -0.623. The monoisotopic (exact) mass is 410 g/mol. The van der Waals surface area contributed by atoms with Crippen molar-refractivity contribution in [3.8, 4) is 0 Å². The number of primary amides is 1. The Hall–Kier alpha value is -2.45. The van der Waals surface area contributed by atoms with Crippen LogP contribution in [-0.2, 0) is 22.4 Å². The normalized spacial score (nSPS) is 13.0. The molecule has 1 aromatic carbocycles. The maximum atomic E-state index is 13.7. The summed E-state index contributed by atoms with van der Waals surface area (Å²) < 4.78 is 18.5. The average molecular weight is 411 g/mol. The fourth-order valence-electron chi connectivity index (χ4n) is 2.94. The average Bonchev–Trinajstić information content (AvgIpc) is 2.97. The van der Waals surface area contributed by atoms with Gasteiger partial charge in [0.1, 0.15) is 10.8 Å². The van der Waals surface area contributed by atoms with Gasteiger partial charge in [0.25, 0.3) is 11.8 Å². The van der Waals surface area contributed by atoms with Crippen molar-refractivity contribution >= 4 is 45.7 Å². The summed E-state index contributed by atoms with van der Waals surface area (Å²) >= 11 is 6.94. The molecule has 0 spiro atoms. The number of amides is 2. The first kappa shape index (κ1) is 19.3. The minimum atomic E-state index is -0.986. The summed E-state index contributed by atoms with van der Waals surface area (Å²) in [7, 11) is 0. The molecule has 0 fully saturated rings. The van der Waals surface area contributed by atoms with Crippen LogP contribution in [0.1, 0.15) is 44.0 Å². The van der Waals surface area contributed by atoms with Crippen LogP contribution in [0.3, 0.4) is 0 Å². The molecule has 3 N–H and O–H groups in total. The number of rotatable bonds is 5. The summed E-state index contributed by atoms with van der Waals surface area (Å²) in [5, 5.41) is 3.06. The van der Waals surface area contributed by atoms with Gasteiger partial charge in [-0.05, 0) is 49.4 Å². The van der Waals surface area contributed by atoms with Gasteiger partial charge >= 0.3 is 5.97 Å². The van der Waals surface area contributed by atoms with E-state index in [2.05, 4.69) is 5.32 Å². The fourth-order valence-corrected chi connectivity index (χ4v) is 4.41. The molecule has 0 saturated carbocycles. The van der Waals surface area contributed by atoms with Gasteiger partial charge in [-0.25, -0.2) is 9.18 Å². The molecule has 9 heteroatoms. The standard InChI is InChI=1S/C18H16ClFN2O4S/c19-9-5-6-10(12(20)7-9)18(25)26-8-14(23)22-17-15(16(21)24)11-3-1-2-4-13(11)27-17/h5-7H,1-4,8H2,(H2,21,24)(H,22,23). The lowest BCUT2D eigenvalue weighted by molar-refractivity contribution is -0.119. The molecule has 142 valence electrons. The van der Waals surface area contributed by atoms with Crippen molar-refractivity contribution in [2.24, 2.45) is 5.73 Å². The predicted octanol–water partition coefficient (Wildman–Crippen LogP) is 3.31. The van der Waals surface area contributed by atoms with Gasteiger partial charge < -0.3 is 15.8 Å². The van der Waals surface area contributed by atoms with Crippen LogP contribution in [0.5, 0.6) is 0 Å². The third-order valence-corrected chi connectivity index (χ3v) is 5.60. The van der Waals surface area contributed by atoms with Gasteiger partial charge in [0.15, 0.2) is 6.61 Å². The Kier molecular flexibility index (Phi) is 5.76. The van der Waals surface area contributed by atoms with Crippen molar-refractivity contribution in [2.75, 3.05) is 11.9 Å². The maximum absolute atomic E-state index is 13.7. The second-order valence-electron chi connectivity index (χ2n) is 6.03. The molecule has 0 atom stereocenters. The van der Waals surface area contributed by atoms with E-state index in [4.69, 9.17) is 22.1 Å². The van der Waals surface area contributed by atoms with Crippen LogP contribution in [0.4, 0.5) is 9.39 Å². The molecule has 0 saturated heterocycles. The number of hydrogen-bond donors (Lipinski definition) is 2. The number of fused-ring (bicyclic) bond motifs is 1.